The molecule has 0 spiro atoms. The molecule has 5 nitrogen and oxygen atoms in total. The fraction of sp³-hybridized carbons (Fsp3) is 0.407. The van der Waals surface area contributed by atoms with E-state index >= 15 is 0 Å². The Kier molecular flexibility index (Phi) is 5.95. The first kappa shape index (κ1) is 22.3. The zero-order valence-electron chi connectivity index (χ0n) is 19.2. The maximum Gasteiger partial charge on any atom is 0.254 e. The third-order valence-corrected chi connectivity index (χ3v) is 6.87. The number of hydrogen-bond acceptors (Lipinski definition) is 4. The summed E-state index contributed by atoms with van der Waals surface area (Å²) < 4.78 is 0. The molecule has 0 aromatic heterocycles. The van der Waals surface area contributed by atoms with Crippen molar-refractivity contribution in [3.05, 3.63) is 65.7 Å². The van der Waals surface area contributed by atoms with Gasteiger partial charge in [0, 0.05) is 50.3 Å². The Morgan fingerprint density at radius 2 is 1.84 bits per heavy atom. The highest BCUT2D eigenvalue weighted by atomic mass is 16.3. The summed E-state index contributed by atoms with van der Waals surface area (Å²) in [6, 6.07) is 13.7. The van der Waals surface area contributed by atoms with Crippen LogP contribution in [-0.4, -0.2) is 59.9 Å². The smallest absolute Gasteiger partial charge is 0.254 e. The third kappa shape index (κ3) is 4.49. The number of hydrogen-bond donors (Lipinski definition) is 1. The van der Waals surface area contributed by atoms with Gasteiger partial charge in [-0.1, -0.05) is 43.8 Å². The molecule has 32 heavy (non-hydrogen) atoms. The molecular weight excluding hydrogens is 400 g/mol. The van der Waals surface area contributed by atoms with E-state index in [2.05, 4.69) is 6.58 Å². The predicted octanol–water partition coefficient (Wildman–Crippen LogP) is 4.00. The Morgan fingerprint density at radius 3 is 2.41 bits per heavy atom. The number of nitrogens with zero attached hydrogens (tertiary/aromatic N) is 2. The van der Waals surface area contributed by atoms with Crippen molar-refractivity contribution in [2.45, 2.75) is 38.7 Å². The Bertz CT molecular complexity index is 1050. The number of likely N-dealkylation sites (tertiary alicyclic amines) is 1. The van der Waals surface area contributed by atoms with E-state index < -0.39 is 6.10 Å². The molecule has 1 aliphatic carbocycles. The number of carbonyl (C=O) groups is 2. The summed E-state index contributed by atoms with van der Waals surface area (Å²) in [7, 11) is 3.91. The van der Waals surface area contributed by atoms with Crippen molar-refractivity contribution in [3.63, 3.8) is 0 Å². The number of rotatable bonds is 7. The molecule has 1 N–H and O–H groups in total. The molecule has 0 radical (unpaired) electrons. The lowest BCUT2D eigenvalue weighted by Crippen LogP contribution is -2.30. The fourth-order valence-corrected chi connectivity index (χ4v) is 4.19. The minimum atomic E-state index is -0.463. The van der Waals surface area contributed by atoms with E-state index in [1.54, 1.807) is 4.90 Å². The Labute approximate surface area is 190 Å². The Balaban J connectivity index is 1.69. The second-order valence-corrected chi connectivity index (χ2v) is 9.65. The summed E-state index contributed by atoms with van der Waals surface area (Å²) >= 11 is 0. The highest BCUT2D eigenvalue weighted by Gasteiger charge is 2.44. The number of Topliss-reactive ketones (excluding diaryl/α,β-unsaturated/α-hetero) is 1. The van der Waals surface area contributed by atoms with E-state index in [4.69, 9.17) is 0 Å². The van der Waals surface area contributed by atoms with Crippen molar-refractivity contribution in [1.29, 1.82) is 0 Å². The summed E-state index contributed by atoms with van der Waals surface area (Å²) in [4.78, 5) is 29.6. The first-order chi connectivity index (χ1) is 15.2. The first-order valence-corrected chi connectivity index (χ1v) is 11.3. The summed E-state index contributed by atoms with van der Waals surface area (Å²) in [5.41, 5.74) is 5.04. The van der Waals surface area contributed by atoms with Crippen LogP contribution in [-0.2, 0) is 11.2 Å². The molecule has 1 saturated carbocycles. The molecule has 1 aliphatic heterocycles. The lowest BCUT2D eigenvalue weighted by molar-refractivity contribution is -0.122. The van der Waals surface area contributed by atoms with Crippen LogP contribution in [0.5, 0.6) is 0 Å². The highest BCUT2D eigenvalue weighted by molar-refractivity contribution is 6.01. The quantitative estimate of drug-likeness (QED) is 0.718. The molecule has 168 valence electrons. The highest BCUT2D eigenvalue weighted by Crippen LogP contribution is 2.46. The monoisotopic (exact) mass is 432 g/mol. The first-order valence-electron chi connectivity index (χ1n) is 11.3. The predicted molar refractivity (Wildman–Crippen MR) is 127 cm³/mol. The van der Waals surface area contributed by atoms with Gasteiger partial charge in [-0.25, -0.2) is 0 Å². The van der Waals surface area contributed by atoms with Gasteiger partial charge in [0.15, 0.2) is 0 Å². The largest absolute Gasteiger partial charge is 0.391 e. The van der Waals surface area contributed by atoms with Crippen LogP contribution in [0.25, 0.3) is 16.8 Å². The van der Waals surface area contributed by atoms with Crippen molar-refractivity contribution in [3.8, 4) is 11.1 Å². The second kappa shape index (κ2) is 8.55. The molecule has 0 bridgehead atoms. The van der Waals surface area contributed by atoms with Crippen molar-refractivity contribution in [2.75, 3.05) is 27.2 Å². The molecule has 1 heterocycles. The average molecular weight is 433 g/mol. The lowest BCUT2D eigenvalue weighted by Gasteiger charge is -2.20. The van der Waals surface area contributed by atoms with E-state index in [1.165, 1.54) is 0 Å². The number of β-amino-alcohol motifs (C(OH)–C–C–N with tert-alkyl or cyclic N) is 1. The van der Waals surface area contributed by atoms with E-state index in [0.29, 0.717) is 31.5 Å². The SMILES string of the molecule is C=C(c1ccc(-c2cc(CC(=O)C3(C)CC3)ccc2C(=O)N2CC[C@@H](O)C2)cc1)N(C)C. The molecular formula is C27H32N2O3. The van der Waals surface area contributed by atoms with Gasteiger partial charge in [0.2, 0.25) is 0 Å². The summed E-state index contributed by atoms with van der Waals surface area (Å²) in [5.74, 6) is 0.188. The van der Waals surface area contributed by atoms with Crippen LogP contribution in [0.2, 0.25) is 0 Å². The average Bonchev–Trinajstić information content (AvgIpc) is 3.39. The van der Waals surface area contributed by atoms with Gasteiger partial charge < -0.3 is 14.9 Å². The van der Waals surface area contributed by atoms with E-state index in [9.17, 15) is 14.7 Å². The number of aliphatic hydroxyl groups excluding tert-OH is 1. The maximum atomic E-state index is 13.3. The molecule has 4 rings (SSSR count). The zero-order valence-corrected chi connectivity index (χ0v) is 19.2. The minimum absolute atomic E-state index is 0.0784. The van der Waals surface area contributed by atoms with E-state index in [0.717, 1.165) is 40.8 Å². The van der Waals surface area contributed by atoms with Gasteiger partial charge in [-0.3, -0.25) is 9.59 Å². The van der Waals surface area contributed by atoms with Gasteiger partial charge in [-0.05, 0) is 53.6 Å². The molecule has 5 heteroatoms. The topological polar surface area (TPSA) is 60.9 Å². The van der Waals surface area contributed by atoms with Crippen LogP contribution in [0, 0.1) is 5.41 Å². The van der Waals surface area contributed by atoms with Crippen LogP contribution in [0.4, 0.5) is 0 Å². The number of ketones is 1. The summed E-state index contributed by atoms with van der Waals surface area (Å²) in [6.45, 7) is 7.06. The molecule has 0 unspecified atom stereocenters. The zero-order chi connectivity index (χ0) is 23.0. The van der Waals surface area contributed by atoms with E-state index in [1.807, 2.05) is 68.4 Å². The van der Waals surface area contributed by atoms with Crippen LogP contribution in [0.3, 0.4) is 0 Å². The molecule has 2 aliphatic rings. The van der Waals surface area contributed by atoms with Crippen LogP contribution in [0.1, 0.15) is 47.7 Å². The van der Waals surface area contributed by atoms with E-state index in [-0.39, 0.29) is 17.1 Å². The number of benzene rings is 2. The van der Waals surface area contributed by atoms with Gasteiger partial charge >= 0.3 is 0 Å². The summed E-state index contributed by atoms with van der Waals surface area (Å²) in [5, 5.41) is 9.89. The van der Waals surface area contributed by atoms with Gasteiger partial charge in [0.1, 0.15) is 5.78 Å². The standard InChI is InChI=1S/C27H32N2O3/c1-18(28(3)4)20-6-8-21(9-7-20)24-15-19(16-25(31)27(2)12-13-27)5-10-23(24)26(32)29-14-11-22(30)17-29/h5-10,15,22,30H,1,11-14,16-17H2,2-4H3/t22-/m1/s1. The van der Waals surface area contributed by atoms with Gasteiger partial charge in [-0.15, -0.1) is 0 Å². The molecule has 2 aromatic carbocycles. The molecule has 1 atom stereocenters. The second-order valence-electron chi connectivity index (χ2n) is 9.65. The fourth-order valence-electron chi connectivity index (χ4n) is 4.19. The van der Waals surface area contributed by atoms with Crippen molar-refractivity contribution >= 4 is 17.4 Å². The Morgan fingerprint density at radius 1 is 1.16 bits per heavy atom. The van der Waals surface area contributed by atoms with Crippen molar-refractivity contribution in [1.82, 2.24) is 9.80 Å². The van der Waals surface area contributed by atoms with Crippen molar-refractivity contribution in [2.24, 2.45) is 5.41 Å². The number of aliphatic hydroxyl groups is 1. The third-order valence-electron chi connectivity index (χ3n) is 6.87. The van der Waals surface area contributed by atoms with Crippen LogP contribution < -0.4 is 0 Å². The lowest BCUT2D eigenvalue weighted by atomic mass is 9.91. The molecule has 1 saturated heterocycles. The number of carbonyl (C=O) groups excluding carboxylic acids is 2. The van der Waals surface area contributed by atoms with Crippen LogP contribution in [0.15, 0.2) is 49.0 Å². The molecule has 2 fully saturated rings. The van der Waals surface area contributed by atoms with Gasteiger partial charge in [0.05, 0.1) is 6.10 Å². The molecule has 2 aromatic rings. The maximum absolute atomic E-state index is 13.3. The molecule has 1 amide bonds. The minimum Gasteiger partial charge on any atom is -0.391 e. The summed E-state index contributed by atoms with van der Waals surface area (Å²) in [6.07, 6.45) is 2.45. The number of amides is 1. The van der Waals surface area contributed by atoms with Gasteiger partial charge in [-0.2, -0.15) is 0 Å². The Hall–Kier alpha value is -2.92. The van der Waals surface area contributed by atoms with Crippen LogP contribution >= 0.6 is 0 Å². The normalized spacial score (nSPS) is 19.0. The van der Waals surface area contributed by atoms with Gasteiger partial charge in [0.25, 0.3) is 5.91 Å². The van der Waals surface area contributed by atoms with Crippen molar-refractivity contribution < 1.29 is 14.7 Å².